The van der Waals surface area contributed by atoms with Gasteiger partial charge in [-0.05, 0) is 25.0 Å². The lowest BCUT2D eigenvalue weighted by atomic mass is 10.1. The topological polar surface area (TPSA) is 58.6 Å². The number of anilines is 1. The average Bonchev–Trinajstić information content (AvgIpc) is 3.39. The maximum Gasteiger partial charge on any atom is 0.410 e. The van der Waals surface area contributed by atoms with Crippen molar-refractivity contribution in [3.8, 4) is 11.3 Å². The number of nitrogens with zero attached hydrogens (tertiary/aromatic N) is 4. The van der Waals surface area contributed by atoms with Crippen molar-refractivity contribution in [3.63, 3.8) is 0 Å². The third-order valence-corrected chi connectivity index (χ3v) is 5.82. The number of amides is 1. The second kappa shape index (κ2) is 6.27. The Morgan fingerprint density at radius 2 is 1.77 bits per heavy atom. The number of hydrogen-bond acceptors (Lipinski definition) is 5. The quantitative estimate of drug-likeness (QED) is 0.851. The van der Waals surface area contributed by atoms with E-state index in [2.05, 4.69) is 15.1 Å². The van der Waals surface area contributed by atoms with Gasteiger partial charge in [0.1, 0.15) is 6.10 Å². The fourth-order valence-electron chi connectivity index (χ4n) is 4.51. The molecule has 2 atom stereocenters. The summed E-state index contributed by atoms with van der Waals surface area (Å²) >= 11 is 0. The standard InChI is InChI=1S/C20H22N4O2/c25-20-24(15-8-4-5-9-15)17-12-23(13-18(17)26-20)19-11-10-16(21-22-19)14-6-2-1-3-7-14/h1-3,6-7,10-11,15,17-18H,4-5,8-9,12-13H2/t17-,18+/m0/s1. The molecule has 1 aromatic carbocycles. The minimum absolute atomic E-state index is 0.0568. The van der Waals surface area contributed by atoms with Gasteiger partial charge in [-0.1, -0.05) is 43.2 Å². The molecule has 1 aliphatic carbocycles. The van der Waals surface area contributed by atoms with Crippen molar-refractivity contribution in [2.75, 3.05) is 18.0 Å². The Kier molecular flexibility index (Phi) is 3.76. The average molecular weight is 350 g/mol. The summed E-state index contributed by atoms with van der Waals surface area (Å²) in [4.78, 5) is 16.5. The summed E-state index contributed by atoms with van der Waals surface area (Å²) in [7, 11) is 0. The number of benzene rings is 1. The van der Waals surface area contributed by atoms with E-state index in [1.54, 1.807) is 0 Å². The van der Waals surface area contributed by atoms with Crippen molar-refractivity contribution in [1.29, 1.82) is 0 Å². The lowest BCUT2D eigenvalue weighted by molar-refractivity contribution is 0.130. The Balaban J connectivity index is 1.32. The van der Waals surface area contributed by atoms with Crippen LogP contribution in [-0.2, 0) is 4.74 Å². The summed E-state index contributed by atoms with van der Waals surface area (Å²) in [5.41, 5.74) is 1.93. The normalized spacial score (nSPS) is 25.6. The van der Waals surface area contributed by atoms with E-state index in [0.29, 0.717) is 12.6 Å². The molecule has 6 heteroatoms. The molecule has 3 fully saturated rings. The Labute approximate surface area is 152 Å². The Hall–Kier alpha value is -2.63. The molecular formula is C20H22N4O2. The van der Waals surface area contributed by atoms with Gasteiger partial charge in [0.2, 0.25) is 0 Å². The number of rotatable bonds is 3. The number of hydrogen-bond donors (Lipinski definition) is 0. The summed E-state index contributed by atoms with van der Waals surface area (Å²) in [6.07, 6.45) is 4.44. The third kappa shape index (κ3) is 2.60. The molecule has 1 saturated carbocycles. The molecular weight excluding hydrogens is 328 g/mol. The van der Waals surface area contributed by atoms with E-state index in [1.165, 1.54) is 12.8 Å². The van der Waals surface area contributed by atoms with Gasteiger partial charge in [-0.2, -0.15) is 0 Å². The van der Waals surface area contributed by atoms with Crippen LogP contribution in [-0.4, -0.2) is 52.5 Å². The van der Waals surface area contributed by atoms with Gasteiger partial charge in [0.15, 0.2) is 5.82 Å². The zero-order chi connectivity index (χ0) is 17.5. The highest BCUT2D eigenvalue weighted by Crippen LogP contribution is 2.35. The zero-order valence-corrected chi connectivity index (χ0v) is 14.6. The molecule has 134 valence electrons. The number of fused-ring (bicyclic) bond motifs is 1. The molecule has 1 aromatic heterocycles. The second-order valence-electron chi connectivity index (χ2n) is 7.38. The van der Waals surface area contributed by atoms with Gasteiger partial charge in [-0.3, -0.25) is 4.90 Å². The van der Waals surface area contributed by atoms with Gasteiger partial charge in [0, 0.05) is 18.2 Å². The summed E-state index contributed by atoms with van der Waals surface area (Å²) in [5.74, 6) is 0.849. The van der Waals surface area contributed by atoms with E-state index in [1.807, 2.05) is 47.4 Å². The SMILES string of the molecule is O=C1O[C@@H]2CN(c3ccc(-c4ccccc4)nn3)C[C@@H]2N1C1CCCC1. The monoisotopic (exact) mass is 350 g/mol. The lowest BCUT2D eigenvalue weighted by Gasteiger charge is -2.27. The van der Waals surface area contributed by atoms with E-state index in [-0.39, 0.29) is 18.2 Å². The molecule has 6 nitrogen and oxygen atoms in total. The van der Waals surface area contributed by atoms with Gasteiger partial charge in [-0.15, -0.1) is 10.2 Å². The van der Waals surface area contributed by atoms with Gasteiger partial charge in [-0.25, -0.2) is 4.79 Å². The van der Waals surface area contributed by atoms with Gasteiger partial charge in [0.05, 0.1) is 18.3 Å². The largest absolute Gasteiger partial charge is 0.442 e. The first-order valence-corrected chi connectivity index (χ1v) is 9.42. The molecule has 3 aliphatic rings. The summed E-state index contributed by atoms with van der Waals surface area (Å²) in [6.45, 7) is 1.46. The minimum Gasteiger partial charge on any atom is -0.442 e. The molecule has 0 bridgehead atoms. The minimum atomic E-state index is -0.128. The fourth-order valence-corrected chi connectivity index (χ4v) is 4.51. The zero-order valence-electron chi connectivity index (χ0n) is 14.6. The third-order valence-electron chi connectivity index (χ3n) is 5.82. The summed E-state index contributed by atoms with van der Waals surface area (Å²) in [6, 6.07) is 14.6. The molecule has 1 amide bonds. The first-order chi connectivity index (χ1) is 12.8. The molecule has 26 heavy (non-hydrogen) atoms. The van der Waals surface area contributed by atoms with Crippen molar-refractivity contribution in [2.45, 2.75) is 43.9 Å². The van der Waals surface area contributed by atoms with E-state index in [9.17, 15) is 4.79 Å². The lowest BCUT2D eigenvalue weighted by Crippen LogP contribution is -2.43. The summed E-state index contributed by atoms with van der Waals surface area (Å²) in [5, 5.41) is 8.81. The van der Waals surface area contributed by atoms with Crippen molar-refractivity contribution in [3.05, 3.63) is 42.5 Å². The highest BCUT2D eigenvalue weighted by molar-refractivity contribution is 5.72. The molecule has 0 N–H and O–H groups in total. The van der Waals surface area contributed by atoms with Crippen LogP contribution in [0.2, 0.25) is 0 Å². The van der Waals surface area contributed by atoms with Crippen molar-refractivity contribution in [2.24, 2.45) is 0 Å². The molecule has 0 unspecified atom stereocenters. The number of ether oxygens (including phenoxy) is 1. The summed E-state index contributed by atoms with van der Waals surface area (Å²) < 4.78 is 5.65. The Bertz CT molecular complexity index is 789. The molecule has 5 rings (SSSR count). The van der Waals surface area contributed by atoms with Crippen LogP contribution >= 0.6 is 0 Å². The molecule has 3 heterocycles. The van der Waals surface area contributed by atoms with Crippen LogP contribution in [0.5, 0.6) is 0 Å². The number of carbonyl (C=O) groups excluding carboxylic acids is 1. The maximum absolute atomic E-state index is 12.3. The van der Waals surface area contributed by atoms with Crippen LogP contribution in [0.1, 0.15) is 25.7 Å². The van der Waals surface area contributed by atoms with Crippen LogP contribution in [0, 0.1) is 0 Å². The van der Waals surface area contributed by atoms with E-state index in [4.69, 9.17) is 4.74 Å². The van der Waals surface area contributed by atoms with E-state index in [0.717, 1.165) is 36.5 Å². The van der Waals surface area contributed by atoms with Gasteiger partial charge < -0.3 is 9.64 Å². The number of aromatic nitrogens is 2. The maximum atomic E-state index is 12.3. The highest BCUT2D eigenvalue weighted by atomic mass is 16.6. The van der Waals surface area contributed by atoms with Crippen LogP contribution in [0.15, 0.2) is 42.5 Å². The first kappa shape index (κ1) is 15.6. The van der Waals surface area contributed by atoms with Crippen molar-refractivity contribution >= 4 is 11.9 Å². The van der Waals surface area contributed by atoms with Gasteiger partial charge >= 0.3 is 6.09 Å². The van der Waals surface area contributed by atoms with Crippen molar-refractivity contribution in [1.82, 2.24) is 15.1 Å². The van der Waals surface area contributed by atoms with E-state index >= 15 is 0 Å². The molecule has 2 aromatic rings. The second-order valence-corrected chi connectivity index (χ2v) is 7.38. The Morgan fingerprint density at radius 3 is 2.50 bits per heavy atom. The van der Waals surface area contributed by atoms with E-state index < -0.39 is 0 Å². The van der Waals surface area contributed by atoms with Crippen LogP contribution in [0.3, 0.4) is 0 Å². The fraction of sp³-hybridized carbons (Fsp3) is 0.450. The van der Waals surface area contributed by atoms with Crippen molar-refractivity contribution < 1.29 is 9.53 Å². The first-order valence-electron chi connectivity index (χ1n) is 9.42. The smallest absolute Gasteiger partial charge is 0.410 e. The molecule has 0 spiro atoms. The highest BCUT2D eigenvalue weighted by Gasteiger charge is 2.50. The number of carbonyl (C=O) groups is 1. The molecule has 0 radical (unpaired) electrons. The van der Waals surface area contributed by atoms with Gasteiger partial charge in [0.25, 0.3) is 0 Å². The Morgan fingerprint density at radius 1 is 0.962 bits per heavy atom. The molecule has 2 saturated heterocycles. The predicted octanol–water partition coefficient (Wildman–Crippen LogP) is 3.10. The van der Waals surface area contributed by atoms with Crippen LogP contribution in [0.25, 0.3) is 11.3 Å². The van der Waals surface area contributed by atoms with Crippen LogP contribution in [0.4, 0.5) is 10.6 Å². The predicted molar refractivity (Wildman–Crippen MR) is 97.8 cm³/mol. The van der Waals surface area contributed by atoms with Crippen LogP contribution < -0.4 is 4.90 Å². The molecule has 2 aliphatic heterocycles.